The fraction of sp³-hybridized carbons (Fsp3) is 0.500. The molecule has 0 unspecified atom stereocenters. The molecule has 0 aliphatic heterocycles. The smallest absolute Gasteiger partial charge is 1.00 e. The van der Waals surface area contributed by atoms with Gasteiger partial charge in [0.05, 0.1) is 26.4 Å². The molecule has 0 saturated carbocycles. The summed E-state index contributed by atoms with van der Waals surface area (Å²) in [5, 5.41) is 28.6. The number of methoxy groups -OCH3 is 2. The van der Waals surface area contributed by atoms with E-state index in [0.29, 0.717) is 6.42 Å². The first kappa shape index (κ1) is 49.5. The first-order valence-electron chi connectivity index (χ1n) is 4.63. The molecule has 0 rings (SSSR count). The number of halogens is 3. The Hall–Kier alpha value is -0.280. The molecule has 2 N–H and O–H groups in total. The van der Waals surface area contributed by atoms with E-state index in [1.54, 1.807) is 6.07 Å². The van der Waals surface area contributed by atoms with E-state index < -0.39 is 0 Å². The Labute approximate surface area is 179 Å². The van der Waals surface area contributed by atoms with Crippen molar-refractivity contribution in [2.75, 3.05) is 19.5 Å². The van der Waals surface area contributed by atoms with Gasteiger partial charge in [-0.25, -0.2) is 0 Å². The van der Waals surface area contributed by atoms with Gasteiger partial charge in [0.1, 0.15) is 0 Å². The standard InChI is InChI=1S/C4H6BrN.C3H3N.2C2H5NO.CH4.2ClH.Na.H/c5-3-1-2-4-6;1-2-3-4;2*1-4-2-3;;;;;/h1-3H2;2H,1H2;2*2-3H,1H3;1H4;2*1H;;/q;;;;;;;+1;-1. The van der Waals surface area contributed by atoms with E-state index in [-0.39, 0.29) is 63.2 Å². The monoisotopic (exact) mass is 430 g/mol. The van der Waals surface area contributed by atoms with Crippen molar-refractivity contribution in [2.24, 2.45) is 0 Å². The molecule has 0 spiro atoms. The van der Waals surface area contributed by atoms with Gasteiger partial charge in [0.2, 0.25) is 0 Å². The molecule has 0 bridgehead atoms. The van der Waals surface area contributed by atoms with Crippen LogP contribution in [0, 0.1) is 33.5 Å². The average molecular weight is 432 g/mol. The molecule has 22 heavy (non-hydrogen) atoms. The van der Waals surface area contributed by atoms with Crippen LogP contribution in [0.5, 0.6) is 0 Å². The summed E-state index contributed by atoms with van der Waals surface area (Å²) < 4.78 is 8.17. The number of hydrogen-bond acceptors (Lipinski definition) is 6. The first-order chi connectivity index (χ1) is 8.66. The number of nitrogens with one attached hydrogen (secondary N) is 2. The summed E-state index contributed by atoms with van der Waals surface area (Å²) in [7, 11) is 2.88. The zero-order chi connectivity index (χ0) is 15.1. The van der Waals surface area contributed by atoms with Crippen molar-refractivity contribution in [3.63, 3.8) is 0 Å². The van der Waals surface area contributed by atoms with Crippen LogP contribution in [0.1, 0.15) is 21.7 Å². The van der Waals surface area contributed by atoms with Gasteiger partial charge < -0.3 is 10.9 Å². The summed E-state index contributed by atoms with van der Waals surface area (Å²) in [6.45, 7) is 3.12. The normalized spacial score (nSPS) is 4.59. The second kappa shape index (κ2) is 85.3. The Morgan fingerprint density at radius 3 is 1.50 bits per heavy atom. The van der Waals surface area contributed by atoms with E-state index in [9.17, 15) is 0 Å². The molecule has 128 valence electrons. The van der Waals surface area contributed by atoms with Gasteiger partial charge in [-0.15, -0.1) is 24.8 Å². The minimum Gasteiger partial charge on any atom is -1.00 e. The van der Waals surface area contributed by atoms with E-state index in [2.05, 4.69) is 32.0 Å². The number of rotatable bonds is 4. The van der Waals surface area contributed by atoms with Gasteiger partial charge in [0, 0.05) is 17.8 Å². The topological polar surface area (TPSA) is 114 Å². The van der Waals surface area contributed by atoms with Crippen LogP contribution in [0.15, 0.2) is 12.7 Å². The number of alkyl halides is 1. The van der Waals surface area contributed by atoms with Crippen LogP contribution in [0.4, 0.5) is 0 Å². The number of hydrogen-bond donors (Lipinski definition) is 2. The fourth-order valence-corrected chi connectivity index (χ4v) is 0.426. The van der Waals surface area contributed by atoms with E-state index >= 15 is 0 Å². The zero-order valence-electron chi connectivity index (χ0n) is 13.5. The second-order valence-electron chi connectivity index (χ2n) is 1.99. The van der Waals surface area contributed by atoms with Crippen molar-refractivity contribution in [3.05, 3.63) is 12.7 Å². The predicted octanol–water partition coefficient (Wildman–Crippen LogP) is 1.46. The molecule has 0 amide bonds. The summed E-state index contributed by atoms with van der Waals surface area (Å²) in [6, 6.07) is 3.73. The van der Waals surface area contributed by atoms with E-state index in [1.165, 1.54) is 20.3 Å². The number of unbranched alkanes of at least 4 members (excludes halogenated alkanes) is 1. The molecule has 0 heterocycles. The third-order valence-corrected chi connectivity index (χ3v) is 1.31. The SMILES string of the molecule is C.C=CC#N.COC=N.COC=N.Cl.Cl.N#CCCCBr.[H-].[Na+]. The summed E-state index contributed by atoms with van der Waals surface area (Å²) in [5.74, 6) is 0. The van der Waals surface area contributed by atoms with Crippen LogP contribution in [0.25, 0.3) is 0 Å². The Bertz CT molecular complexity index is 260. The second-order valence-corrected chi connectivity index (χ2v) is 2.78. The van der Waals surface area contributed by atoms with Crippen LogP contribution in [-0.2, 0) is 9.47 Å². The Kier molecular flexibility index (Phi) is 192. The molecule has 0 aliphatic carbocycles. The molecule has 0 fully saturated rings. The number of ether oxygens (including phenoxy) is 2. The van der Waals surface area contributed by atoms with Crippen molar-refractivity contribution in [2.45, 2.75) is 20.3 Å². The third-order valence-electron chi connectivity index (χ3n) is 0.749. The summed E-state index contributed by atoms with van der Waals surface area (Å²) in [4.78, 5) is 0. The quantitative estimate of drug-likeness (QED) is 0.175. The minimum absolute atomic E-state index is 0. The van der Waals surface area contributed by atoms with Gasteiger partial charge in [-0.1, -0.05) is 29.9 Å². The molecule has 6 nitrogen and oxygen atoms in total. The van der Waals surface area contributed by atoms with Crippen molar-refractivity contribution in [3.8, 4) is 12.1 Å². The van der Waals surface area contributed by atoms with Gasteiger partial charge in [-0.05, 0) is 6.42 Å². The van der Waals surface area contributed by atoms with Crippen molar-refractivity contribution < 1.29 is 40.5 Å². The van der Waals surface area contributed by atoms with Crippen molar-refractivity contribution >= 4 is 53.5 Å². The number of nitriles is 2. The summed E-state index contributed by atoms with van der Waals surface area (Å²) in [5.41, 5.74) is 0. The molecule has 0 aromatic carbocycles. The average Bonchev–Trinajstić information content (AvgIpc) is 2.45. The van der Waals surface area contributed by atoms with Gasteiger partial charge in [-0.2, -0.15) is 10.5 Å². The molecular weight excluding hydrogens is 406 g/mol. The number of nitrogens with zero attached hydrogens (tertiary/aromatic N) is 2. The number of allylic oxidation sites excluding steroid dienone is 1. The molecular formula is C12H26BrCl2N4NaO2. The molecule has 0 aliphatic rings. The van der Waals surface area contributed by atoms with Crippen LogP contribution in [0.3, 0.4) is 0 Å². The largest absolute Gasteiger partial charge is 1.00 e. The van der Waals surface area contributed by atoms with E-state index in [1.807, 2.05) is 6.07 Å². The fourth-order valence-electron chi connectivity index (χ4n) is 0.146. The Balaban J connectivity index is -0.0000000154. The Morgan fingerprint density at radius 2 is 1.45 bits per heavy atom. The molecule has 0 radical (unpaired) electrons. The molecule has 0 aromatic rings. The molecule has 0 aromatic heterocycles. The van der Waals surface area contributed by atoms with E-state index in [0.717, 1.165) is 24.6 Å². The van der Waals surface area contributed by atoms with Gasteiger partial charge in [0.15, 0.2) is 12.8 Å². The Morgan fingerprint density at radius 1 is 1.18 bits per heavy atom. The van der Waals surface area contributed by atoms with Crippen LogP contribution in [0.2, 0.25) is 0 Å². The maximum atomic E-state index is 7.93. The van der Waals surface area contributed by atoms with Crippen molar-refractivity contribution in [1.82, 2.24) is 0 Å². The molecule has 10 heteroatoms. The first-order valence-corrected chi connectivity index (χ1v) is 5.75. The summed E-state index contributed by atoms with van der Waals surface area (Å²) in [6.07, 6.45) is 4.57. The maximum Gasteiger partial charge on any atom is 1.00 e. The third kappa shape index (κ3) is 211. The van der Waals surface area contributed by atoms with Crippen LogP contribution in [-0.4, -0.2) is 32.4 Å². The van der Waals surface area contributed by atoms with Gasteiger partial charge >= 0.3 is 29.6 Å². The zero-order valence-corrected chi connectivity index (χ0v) is 17.7. The molecule has 0 saturated heterocycles. The molecule has 0 atom stereocenters. The van der Waals surface area contributed by atoms with Gasteiger partial charge in [0.25, 0.3) is 0 Å². The maximum absolute atomic E-state index is 7.93. The van der Waals surface area contributed by atoms with Crippen LogP contribution < -0.4 is 29.6 Å². The minimum atomic E-state index is 0. The van der Waals surface area contributed by atoms with Crippen LogP contribution >= 0.6 is 40.7 Å². The van der Waals surface area contributed by atoms with Gasteiger partial charge in [-0.3, -0.25) is 10.8 Å². The predicted molar refractivity (Wildman–Crippen MR) is 98.4 cm³/mol. The summed E-state index contributed by atoms with van der Waals surface area (Å²) >= 11 is 3.20. The van der Waals surface area contributed by atoms with Crippen molar-refractivity contribution in [1.29, 1.82) is 21.3 Å². The van der Waals surface area contributed by atoms with E-state index in [4.69, 9.17) is 21.3 Å².